The van der Waals surface area contributed by atoms with Gasteiger partial charge in [0.05, 0.1) is 5.25 Å². The van der Waals surface area contributed by atoms with Crippen molar-refractivity contribution in [1.82, 2.24) is 5.32 Å². The highest BCUT2D eigenvalue weighted by molar-refractivity contribution is 8.00. The van der Waals surface area contributed by atoms with Crippen LogP contribution in [0.2, 0.25) is 0 Å². The summed E-state index contributed by atoms with van der Waals surface area (Å²) in [5, 5.41) is 13.5. The summed E-state index contributed by atoms with van der Waals surface area (Å²) in [6.45, 7) is 3.95. The number of aliphatic carboxylic acids is 1. The molecule has 0 unspecified atom stereocenters. The number of nitrogens with one attached hydrogen (secondary N) is 2. The molecule has 7 heteroatoms. The van der Waals surface area contributed by atoms with Crippen LogP contribution in [0.25, 0.3) is 0 Å². The number of rotatable bonds is 4. The number of anilines is 1. The standard InChI is InChI=1S/C15H18N2O4S/c1-8-3-4-10(5-9(8)2)16-13(18)6-12-14(19)17-11(7-22-12)15(20)21/h3-5,11-12H,6-7H2,1-2H3,(H,16,18)(H,17,19)(H,20,21)/t11-,12-/m0/s1. The van der Waals surface area contributed by atoms with Crippen molar-refractivity contribution in [2.24, 2.45) is 0 Å². The predicted octanol–water partition coefficient (Wildman–Crippen LogP) is 1.32. The van der Waals surface area contributed by atoms with Crippen LogP contribution in [0.4, 0.5) is 5.69 Å². The minimum atomic E-state index is -1.06. The Kier molecular flexibility index (Phi) is 5.07. The van der Waals surface area contributed by atoms with Gasteiger partial charge in [0, 0.05) is 17.9 Å². The number of amides is 2. The molecular weight excluding hydrogens is 304 g/mol. The summed E-state index contributed by atoms with van der Waals surface area (Å²) in [5.41, 5.74) is 2.91. The first-order valence-corrected chi connectivity index (χ1v) is 7.93. The van der Waals surface area contributed by atoms with E-state index in [9.17, 15) is 14.4 Å². The molecule has 22 heavy (non-hydrogen) atoms. The molecule has 0 bridgehead atoms. The SMILES string of the molecule is Cc1ccc(NC(=O)C[C@@H]2SC[C@@H](C(=O)O)NC2=O)cc1C. The van der Waals surface area contributed by atoms with Gasteiger partial charge in [-0.25, -0.2) is 4.79 Å². The number of hydrogen-bond acceptors (Lipinski definition) is 4. The molecule has 1 aliphatic heterocycles. The molecule has 0 aromatic heterocycles. The average Bonchev–Trinajstić information content (AvgIpc) is 2.45. The van der Waals surface area contributed by atoms with Crippen molar-refractivity contribution in [3.8, 4) is 0 Å². The Morgan fingerprint density at radius 1 is 1.36 bits per heavy atom. The van der Waals surface area contributed by atoms with Crippen LogP contribution in [0.3, 0.4) is 0 Å². The van der Waals surface area contributed by atoms with Crippen molar-refractivity contribution in [2.75, 3.05) is 11.1 Å². The third-order valence-corrected chi connectivity index (χ3v) is 4.84. The number of hydrogen-bond donors (Lipinski definition) is 3. The third kappa shape index (κ3) is 4.00. The van der Waals surface area contributed by atoms with Crippen molar-refractivity contribution in [1.29, 1.82) is 0 Å². The van der Waals surface area contributed by atoms with Crippen LogP contribution >= 0.6 is 11.8 Å². The molecule has 1 fully saturated rings. The van der Waals surface area contributed by atoms with Crippen molar-refractivity contribution in [3.63, 3.8) is 0 Å². The van der Waals surface area contributed by atoms with Crippen molar-refractivity contribution in [3.05, 3.63) is 29.3 Å². The molecule has 1 heterocycles. The second kappa shape index (κ2) is 6.83. The summed E-state index contributed by atoms with van der Waals surface area (Å²) in [6, 6.07) is 4.73. The van der Waals surface area contributed by atoms with Crippen molar-refractivity contribution >= 4 is 35.2 Å². The summed E-state index contributed by atoms with van der Waals surface area (Å²) >= 11 is 1.20. The van der Waals surface area contributed by atoms with Crippen LogP contribution in [0.15, 0.2) is 18.2 Å². The highest BCUT2D eigenvalue weighted by Gasteiger charge is 2.33. The number of benzene rings is 1. The normalized spacial score (nSPS) is 21.1. The predicted molar refractivity (Wildman–Crippen MR) is 85.0 cm³/mol. The van der Waals surface area contributed by atoms with Crippen LogP contribution in [0, 0.1) is 13.8 Å². The molecule has 0 saturated carbocycles. The first kappa shape index (κ1) is 16.4. The van der Waals surface area contributed by atoms with Crippen molar-refractivity contribution < 1.29 is 19.5 Å². The molecule has 1 aromatic carbocycles. The largest absolute Gasteiger partial charge is 0.480 e. The Labute approximate surface area is 132 Å². The second-order valence-electron chi connectivity index (χ2n) is 5.27. The summed E-state index contributed by atoms with van der Waals surface area (Å²) in [5.74, 6) is -1.45. The van der Waals surface area contributed by atoms with E-state index in [0.29, 0.717) is 5.69 Å². The van der Waals surface area contributed by atoms with E-state index in [2.05, 4.69) is 10.6 Å². The molecule has 1 aromatic rings. The second-order valence-corrected chi connectivity index (χ2v) is 6.51. The molecular formula is C15H18N2O4S. The van der Waals surface area contributed by atoms with E-state index in [4.69, 9.17) is 5.11 Å². The van der Waals surface area contributed by atoms with Crippen LogP contribution in [-0.4, -0.2) is 39.9 Å². The lowest BCUT2D eigenvalue weighted by molar-refractivity contribution is -0.141. The number of carboxylic acid groups (broad SMARTS) is 1. The van der Waals surface area contributed by atoms with Gasteiger partial charge >= 0.3 is 5.97 Å². The number of carbonyl (C=O) groups is 3. The first-order valence-electron chi connectivity index (χ1n) is 6.88. The zero-order valence-electron chi connectivity index (χ0n) is 12.4. The lowest BCUT2D eigenvalue weighted by atomic mass is 10.1. The number of thioether (sulfide) groups is 1. The summed E-state index contributed by atoms with van der Waals surface area (Å²) in [4.78, 5) is 34.7. The maximum absolute atomic E-state index is 12.0. The van der Waals surface area contributed by atoms with Gasteiger partial charge in [-0.05, 0) is 37.1 Å². The first-order chi connectivity index (χ1) is 10.4. The molecule has 0 spiro atoms. The molecule has 2 amide bonds. The minimum absolute atomic E-state index is 0.0236. The van der Waals surface area contributed by atoms with E-state index >= 15 is 0 Å². The molecule has 2 rings (SSSR count). The van der Waals surface area contributed by atoms with E-state index in [1.54, 1.807) is 0 Å². The molecule has 1 saturated heterocycles. The maximum Gasteiger partial charge on any atom is 0.327 e. The van der Waals surface area contributed by atoms with Gasteiger partial charge in [0.1, 0.15) is 6.04 Å². The fourth-order valence-electron chi connectivity index (χ4n) is 2.08. The molecule has 3 N–H and O–H groups in total. The van der Waals surface area contributed by atoms with E-state index in [-0.39, 0.29) is 18.1 Å². The minimum Gasteiger partial charge on any atom is -0.480 e. The summed E-state index contributed by atoms with van der Waals surface area (Å²) < 4.78 is 0. The van der Waals surface area contributed by atoms with Gasteiger partial charge in [-0.3, -0.25) is 9.59 Å². The Morgan fingerprint density at radius 3 is 2.68 bits per heavy atom. The number of aryl methyl sites for hydroxylation is 2. The van der Waals surface area contributed by atoms with Gasteiger partial charge in [-0.2, -0.15) is 0 Å². The molecule has 118 valence electrons. The van der Waals surface area contributed by atoms with Crippen LogP contribution < -0.4 is 10.6 Å². The molecule has 2 atom stereocenters. The van der Waals surface area contributed by atoms with Gasteiger partial charge < -0.3 is 15.7 Å². The van der Waals surface area contributed by atoms with E-state index in [1.165, 1.54) is 11.8 Å². The van der Waals surface area contributed by atoms with Gasteiger partial charge in [-0.1, -0.05) is 6.07 Å². The Hall–Kier alpha value is -2.02. The quantitative estimate of drug-likeness (QED) is 0.777. The Bertz CT molecular complexity index is 618. The van der Waals surface area contributed by atoms with Gasteiger partial charge in [0.15, 0.2) is 0 Å². The smallest absolute Gasteiger partial charge is 0.327 e. The zero-order valence-corrected chi connectivity index (χ0v) is 13.2. The third-order valence-electron chi connectivity index (χ3n) is 3.53. The highest BCUT2D eigenvalue weighted by Crippen LogP contribution is 2.22. The monoisotopic (exact) mass is 322 g/mol. The van der Waals surface area contributed by atoms with Gasteiger partial charge in [0.2, 0.25) is 11.8 Å². The van der Waals surface area contributed by atoms with Gasteiger partial charge in [-0.15, -0.1) is 11.8 Å². The van der Waals surface area contributed by atoms with E-state index < -0.39 is 23.2 Å². The van der Waals surface area contributed by atoms with Crippen LogP contribution in [0.5, 0.6) is 0 Å². The fourth-order valence-corrected chi connectivity index (χ4v) is 3.22. The van der Waals surface area contributed by atoms with Crippen LogP contribution in [0.1, 0.15) is 17.5 Å². The summed E-state index contributed by atoms with van der Waals surface area (Å²) in [7, 11) is 0. The van der Waals surface area contributed by atoms with E-state index in [1.807, 2.05) is 32.0 Å². The zero-order chi connectivity index (χ0) is 16.3. The van der Waals surface area contributed by atoms with Crippen molar-refractivity contribution in [2.45, 2.75) is 31.6 Å². The topological polar surface area (TPSA) is 95.5 Å². The maximum atomic E-state index is 12.0. The Balaban J connectivity index is 1.91. The molecule has 1 aliphatic rings. The summed E-state index contributed by atoms with van der Waals surface area (Å²) in [6.07, 6.45) is 0.0236. The Morgan fingerprint density at radius 2 is 2.09 bits per heavy atom. The number of carbonyl (C=O) groups excluding carboxylic acids is 2. The van der Waals surface area contributed by atoms with Crippen LogP contribution in [-0.2, 0) is 14.4 Å². The van der Waals surface area contributed by atoms with Gasteiger partial charge in [0.25, 0.3) is 0 Å². The lowest BCUT2D eigenvalue weighted by Gasteiger charge is -2.25. The van der Waals surface area contributed by atoms with E-state index in [0.717, 1.165) is 11.1 Å². The average molecular weight is 322 g/mol. The highest BCUT2D eigenvalue weighted by atomic mass is 32.2. The number of carboxylic acids is 1. The molecule has 6 nitrogen and oxygen atoms in total. The lowest BCUT2D eigenvalue weighted by Crippen LogP contribution is -2.51. The molecule has 0 radical (unpaired) electrons. The fraction of sp³-hybridized carbons (Fsp3) is 0.400. The molecule has 0 aliphatic carbocycles.